The Morgan fingerprint density at radius 1 is 1.45 bits per heavy atom. The second kappa shape index (κ2) is 6.56. The van der Waals surface area contributed by atoms with Gasteiger partial charge < -0.3 is 16.0 Å². The van der Waals surface area contributed by atoms with E-state index >= 15 is 0 Å². The van der Waals surface area contributed by atoms with Crippen LogP contribution in [0.15, 0.2) is 18.2 Å². The van der Waals surface area contributed by atoms with Gasteiger partial charge in [0.15, 0.2) is 0 Å². The van der Waals surface area contributed by atoms with Crippen molar-refractivity contribution in [2.24, 2.45) is 5.92 Å². The molecule has 2 rings (SSSR count). The summed E-state index contributed by atoms with van der Waals surface area (Å²) in [6.45, 7) is 3.05. The molecule has 0 saturated carbocycles. The van der Waals surface area contributed by atoms with Crippen LogP contribution in [0.5, 0.6) is 0 Å². The lowest BCUT2D eigenvalue weighted by atomic mass is 9.93. The zero-order valence-electron chi connectivity index (χ0n) is 11.8. The topological polar surface area (TPSA) is 84.4 Å². The molecule has 0 aliphatic carbocycles. The number of rotatable bonds is 5. The van der Waals surface area contributed by atoms with Crippen LogP contribution in [0.2, 0.25) is 0 Å². The van der Waals surface area contributed by atoms with Crippen LogP contribution < -0.4 is 16.0 Å². The first-order valence-electron chi connectivity index (χ1n) is 7.05. The smallest absolute Gasteiger partial charge is 0.292 e. The average molecular weight is 278 g/mol. The monoisotopic (exact) mass is 278 g/mol. The summed E-state index contributed by atoms with van der Waals surface area (Å²) in [5, 5.41) is 13.9. The number of nitro benzene ring substituents is 1. The zero-order chi connectivity index (χ0) is 14.5. The number of nitro groups is 1. The first kappa shape index (κ1) is 14.6. The number of nitrogens with zero attached hydrogens (tertiary/aromatic N) is 2. The third-order valence-electron chi connectivity index (χ3n) is 3.99. The molecular formula is C14H22N4O2. The molecule has 6 heteroatoms. The maximum absolute atomic E-state index is 10.8. The van der Waals surface area contributed by atoms with Crippen LogP contribution in [-0.4, -0.2) is 31.6 Å². The number of nitrogen functional groups attached to an aromatic ring is 1. The second-order valence-corrected chi connectivity index (χ2v) is 5.32. The van der Waals surface area contributed by atoms with Crippen LogP contribution >= 0.6 is 0 Å². The molecule has 1 aromatic rings. The van der Waals surface area contributed by atoms with Crippen molar-refractivity contribution >= 4 is 17.1 Å². The highest BCUT2D eigenvalue weighted by molar-refractivity contribution is 5.66. The summed E-state index contributed by atoms with van der Waals surface area (Å²) in [7, 11) is 1.98. The molecule has 0 atom stereocenters. The van der Waals surface area contributed by atoms with E-state index < -0.39 is 4.92 Å². The Labute approximate surface area is 119 Å². The van der Waals surface area contributed by atoms with Gasteiger partial charge in [-0.05, 0) is 50.9 Å². The highest BCUT2D eigenvalue weighted by atomic mass is 16.6. The number of nitrogens with one attached hydrogen (secondary N) is 1. The van der Waals surface area contributed by atoms with Crippen LogP contribution in [0.1, 0.15) is 19.3 Å². The quantitative estimate of drug-likeness (QED) is 0.489. The third-order valence-corrected chi connectivity index (χ3v) is 3.99. The Bertz CT molecular complexity index is 470. The van der Waals surface area contributed by atoms with Gasteiger partial charge in [0.2, 0.25) is 0 Å². The number of piperidine rings is 1. The molecule has 0 unspecified atom stereocenters. The van der Waals surface area contributed by atoms with Crippen LogP contribution in [0, 0.1) is 16.0 Å². The van der Waals surface area contributed by atoms with Crippen LogP contribution in [0.25, 0.3) is 0 Å². The Morgan fingerprint density at radius 2 is 2.15 bits per heavy atom. The molecule has 1 saturated heterocycles. The van der Waals surface area contributed by atoms with Crippen molar-refractivity contribution in [1.82, 2.24) is 5.32 Å². The van der Waals surface area contributed by atoms with Gasteiger partial charge in [0.25, 0.3) is 5.69 Å². The van der Waals surface area contributed by atoms with E-state index in [1.54, 1.807) is 12.1 Å². The van der Waals surface area contributed by atoms with E-state index in [0.717, 1.165) is 31.2 Å². The van der Waals surface area contributed by atoms with Gasteiger partial charge in [-0.3, -0.25) is 10.1 Å². The fourth-order valence-electron chi connectivity index (χ4n) is 2.73. The Kier molecular flexibility index (Phi) is 4.79. The van der Waals surface area contributed by atoms with E-state index in [1.807, 2.05) is 7.05 Å². The standard InChI is InChI=1S/C14H22N4O2/c1-16-7-4-11-5-8-17(9-6-11)12-2-3-14(18(19)20)13(15)10-12/h2-3,10-11,16H,4-9,15H2,1H3. The lowest BCUT2D eigenvalue weighted by Gasteiger charge is -2.33. The molecule has 0 aromatic heterocycles. The minimum absolute atomic E-state index is 0.0161. The molecule has 110 valence electrons. The molecule has 1 heterocycles. The maximum Gasteiger partial charge on any atom is 0.292 e. The molecule has 0 bridgehead atoms. The maximum atomic E-state index is 10.8. The van der Waals surface area contributed by atoms with Crippen LogP contribution in [-0.2, 0) is 0 Å². The molecule has 3 N–H and O–H groups in total. The van der Waals surface area contributed by atoms with E-state index in [1.165, 1.54) is 25.3 Å². The molecule has 20 heavy (non-hydrogen) atoms. The Morgan fingerprint density at radius 3 is 2.70 bits per heavy atom. The molecule has 1 aromatic carbocycles. The Hall–Kier alpha value is -1.82. The summed E-state index contributed by atoms with van der Waals surface area (Å²) in [5.41, 5.74) is 6.96. The summed E-state index contributed by atoms with van der Waals surface area (Å²) in [5.74, 6) is 0.772. The average Bonchev–Trinajstić information content (AvgIpc) is 2.45. The first-order valence-corrected chi connectivity index (χ1v) is 7.05. The molecule has 6 nitrogen and oxygen atoms in total. The summed E-state index contributed by atoms with van der Waals surface area (Å²) in [6.07, 6.45) is 3.55. The predicted octanol–water partition coefficient (Wildman–Crippen LogP) is 2.00. The van der Waals surface area contributed by atoms with Gasteiger partial charge in [-0.2, -0.15) is 0 Å². The number of nitrogens with two attached hydrogens (primary N) is 1. The first-order chi connectivity index (χ1) is 9.61. The molecule has 0 radical (unpaired) electrons. The molecule has 1 aliphatic heterocycles. The van der Waals surface area contributed by atoms with Gasteiger partial charge in [0, 0.05) is 24.8 Å². The van der Waals surface area contributed by atoms with Crippen LogP contribution in [0.3, 0.4) is 0 Å². The number of anilines is 2. The molecule has 1 aliphatic rings. The number of benzene rings is 1. The number of hydrogen-bond donors (Lipinski definition) is 2. The van der Waals surface area contributed by atoms with Gasteiger partial charge in [-0.15, -0.1) is 0 Å². The van der Waals surface area contributed by atoms with Crippen molar-refractivity contribution in [1.29, 1.82) is 0 Å². The van der Waals surface area contributed by atoms with E-state index in [2.05, 4.69) is 10.2 Å². The van der Waals surface area contributed by atoms with Crippen molar-refractivity contribution in [2.75, 3.05) is 37.3 Å². The van der Waals surface area contributed by atoms with Crippen LogP contribution in [0.4, 0.5) is 17.1 Å². The zero-order valence-corrected chi connectivity index (χ0v) is 11.8. The van der Waals surface area contributed by atoms with E-state index in [9.17, 15) is 10.1 Å². The summed E-state index contributed by atoms with van der Waals surface area (Å²) in [4.78, 5) is 12.6. The lowest BCUT2D eigenvalue weighted by molar-refractivity contribution is -0.383. The van der Waals surface area contributed by atoms with Crippen molar-refractivity contribution in [3.05, 3.63) is 28.3 Å². The Balaban J connectivity index is 1.97. The highest BCUT2D eigenvalue weighted by Gasteiger charge is 2.20. The number of hydrogen-bond acceptors (Lipinski definition) is 5. The minimum Gasteiger partial charge on any atom is -0.393 e. The molecule has 0 spiro atoms. The van der Waals surface area contributed by atoms with Gasteiger partial charge >= 0.3 is 0 Å². The minimum atomic E-state index is -0.441. The fourth-order valence-corrected chi connectivity index (χ4v) is 2.73. The van der Waals surface area contributed by atoms with Crippen molar-refractivity contribution in [2.45, 2.75) is 19.3 Å². The molecule has 1 fully saturated rings. The fraction of sp³-hybridized carbons (Fsp3) is 0.571. The summed E-state index contributed by atoms with van der Waals surface area (Å²) in [6, 6.07) is 5.01. The van der Waals surface area contributed by atoms with Crippen molar-refractivity contribution in [3.8, 4) is 0 Å². The van der Waals surface area contributed by atoms with E-state index in [4.69, 9.17) is 5.73 Å². The normalized spacial score (nSPS) is 16.4. The van der Waals surface area contributed by atoms with E-state index in [-0.39, 0.29) is 11.4 Å². The van der Waals surface area contributed by atoms with Gasteiger partial charge in [-0.25, -0.2) is 0 Å². The van der Waals surface area contributed by atoms with Gasteiger partial charge in [-0.1, -0.05) is 0 Å². The van der Waals surface area contributed by atoms with Crippen molar-refractivity contribution < 1.29 is 4.92 Å². The van der Waals surface area contributed by atoms with Crippen molar-refractivity contribution in [3.63, 3.8) is 0 Å². The second-order valence-electron chi connectivity index (χ2n) is 5.32. The van der Waals surface area contributed by atoms with Gasteiger partial charge in [0.1, 0.15) is 5.69 Å². The summed E-state index contributed by atoms with van der Waals surface area (Å²) < 4.78 is 0. The summed E-state index contributed by atoms with van der Waals surface area (Å²) >= 11 is 0. The lowest BCUT2D eigenvalue weighted by Crippen LogP contribution is -2.34. The highest BCUT2D eigenvalue weighted by Crippen LogP contribution is 2.30. The molecule has 0 amide bonds. The molecular weight excluding hydrogens is 256 g/mol. The van der Waals surface area contributed by atoms with E-state index in [0.29, 0.717) is 0 Å². The SMILES string of the molecule is CNCCC1CCN(c2ccc([N+](=O)[O-])c(N)c2)CC1. The predicted molar refractivity (Wildman–Crippen MR) is 81.0 cm³/mol. The third kappa shape index (κ3) is 3.39. The van der Waals surface area contributed by atoms with Gasteiger partial charge in [0.05, 0.1) is 4.92 Å². The largest absolute Gasteiger partial charge is 0.393 e.